The molecule has 0 bridgehead atoms. The molecule has 118 valence electrons. The van der Waals surface area contributed by atoms with Crippen molar-refractivity contribution >= 4 is 22.9 Å². The summed E-state index contributed by atoms with van der Waals surface area (Å²) in [5.74, 6) is 0.334. The molecular weight excluding hydrogens is 323 g/mol. The third-order valence-corrected chi connectivity index (χ3v) is 5.17. The molecule has 0 amide bonds. The van der Waals surface area contributed by atoms with Crippen LogP contribution in [-0.4, -0.2) is 38.2 Å². The number of nitrogens with one attached hydrogen (secondary N) is 1. The monoisotopic (exact) mass is 340 g/mol. The molecule has 0 spiro atoms. The van der Waals surface area contributed by atoms with Gasteiger partial charge in [-0.2, -0.15) is 0 Å². The smallest absolute Gasteiger partial charge is 0.132 e. The van der Waals surface area contributed by atoms with Crippen LogP contribution in [-0.2, 0) is 0 Å². The molecule has 1 aliphatic heterocycles. The van der Waals surface area contributed by atoms with E-state index in [0.29, 0.717) is 15.6 Å². The van der Waals surface area contributed by atoms with Gasteiger partial charge in [0.15, 0.2) is 0 Å². The highest BCUT2D eigenvalue weighted by atomic mass is 35.5. The highest BCUT2D eigenvalue weighted by Crippen LogP contribution is 2.40. The molecule has 1 fully saturated rings. The number of hydrogen-bond donors (Lipinski definition) is 1. The van der Waals surface area contributed by atoms with Crippen LogP contribution in [0.15, 0.2) is 30.3 Å². The lowest BCUT2D eigenvalue weighted by Crippen LogP contribution is -2.45. The van der Waals surface area contributed by atoms with Crippen LogP contribution in [0.3, 0.4) is 0 Å². The molecule has 1 N–H and O–H groups in total. The first kappa shape index (κ1) is 15.7. The number of methoxy groups -OCH3 is 1. The minimum atomic E-state index is -0.243. The van der Waals surface area contributed by atoms with Crippen LogP contribution in [0.2, 0.25) is 4.34 Å². The number of thiophene rings is 1. The number of hydrogen-bond acceptors (Lipinski definition) is 4. The fourth-order valence-electron chi connectivity index (χ4n) is 2.88. The number of piperazine rings is 1. The molecule has 1 aliphatic rings. The minimum Gasteiger partial charge on any atom is -0.496 e. The highest BCUT2D eigenvalue weighted by molar-refractivity contribution is 7.16. The number of rotatable bonds is 4. The van der Waals surface area contributed by atoms with Gasteiger partial charge in [-0.15, -0.1) is 11.3 Å². The molecule has 1 aromatic heterocycles. The van der Waals surface area contributed by atoms with Crippen molar-refractivity contribution in [3.8, 4) is 5.75 Å². The van der Waals surface area contributed by atoms with Crippen molar-refractivity contribution in [2.45, 2.75) is 6.04 Å². The van der Waals surface area contributed by atoms with E-state index in [1.54, 1.807) is 13.2 Å². The van der Waals surface area contributed by atoms with Gasteiger partial charge in [0.25, 0.3) is 0 Å². The molecule has 0 unspecified atom stereocenters. The van der Waals surface area contributed by atoms with Crippen LogP contribution >= 0.6 is 22.9 Å². The van der Waals surface area contributed by atoms with E-state index in [-0.39, 0.29) is 11.9 Å². The zero-order valence-corrected chi connectivity index (χ0v) is 13.9. The van der Waals surface area contributed by atoms with E-state index in [1.807, 2.05) is 18.2 Å². The average Bonchev–Trinajstić information content (AvgIpc) is 2.96. The quantitative estimate of drug-likeness (QED) is 0.921. The maximum absolute atomic E-state index is 14.6. The first-order valence-corrected chi connectivity index (χ1v) is 8.42. The summed E-state index contributed by atoms with van der Waals surface area (Å²) in [5, 5.41) is 3.33. The molecule has 2 aromatic rings. The third-order valence-electron chi connectivity index (χ3n) is 3.89. The molecule has 6 heteroatoms. The van der Waals surface area contributed by atoms with Crippen molar-refractivity contribution in [3.63, 3.8) is 0 Å². The summed E-state index contributed by atoms with van der Waals surface area (Å²) in [7, 11) is 1.58. The second kappa shape index (κ2) is 6.96. The minimum absolute atomic E-state index is 0.171. The van der Waals surface area contributed by atoms with Crippen molar-refractivity contribution in [3.05, 3.63) is 50.9 Å². The van der Waals surface area contributed by atoms with Gasteiger partial charge in [0, 0.05) is 31.1 Å². The van der Waals surface area contributed by atoms with Gasteiger partial charge in [-0.05, 0) is 24.3 Å². The van der Waals surface area contributed by atoms with Gasteiger partial charge in [0.1, 0.15) is 11.6 Å². The maximum atomic E-state index is 14.6. The lowest BCUT2D eigenvalue weighted by molar-refractivity contribution is 0.194. The van der Waals surface area contributed by atoms with E-state index >= 15 is 0 Å². The van der Waals surface area contributed by atoms with E-state index in [2.05, 4.69) is 10.2 Å². The lowest BCUT2D eigenvalue weighted by atomic mass is 10.0. The second-order valence-electron chi connectivity index (χ2n) is 5.19. The van der Waals surface area contributed by atoms with Gasteiger partial charge in [0.05, 0.1) is 23.1 Å². The number of ether oxygens (including phenoxy) is 1. The molecule has 1 aromatic carbocycles. The first-order chi connectivity index (χ1) is 10.7. The maximum Gasteiger partial charge on any atom is 0.132 e. The van der Waals surface area contributed by atoms with E-state index in [1.165, 1.54) is 17.4 Å². The van der Waals surface area contributed by atoms with E-state index < -0.39 is 0 Å². The fraction of sp³-hybridized carbons (Fsp3) is 0.375. The van der Waals surface area contributed by atoms with Crippen molar-refractivity contribution in [1.82, 2.24) is 10.2 Å². The Morgan fingerprint density at radius 3 is 2.68 bits per heavy atom. The topological polar surface area (TPSA) is 24.5 Å². The van der Waals surface area contributed by atoms with Crippen LogP contribution in [0.25, 0.3) is 0 Å². The molecule has 1 atom stereocenters. The van der Waals surface area contributed by atoms with Gasteiger partial charge >= 0.3 is 0 Å². The van der Waals surface area contributed by atoms with Gasteiger partial charge in [-0.1, -0.05) is 17.7 Å². The van der Waals surface area contributed by atoms with E-state index in [4.69, 9.17) is 16.3 Å². The van der Waals surface area contributed by atoms with Crippen LogP contribution < -0.4 is 10.1 Å². The van der Waals surface area contributed by atoms with Crippen LogP contribution in [0, 0.1) is 5.82 Å². The summed E-state index contributed by atoms with van der Waals surface area (Å²) in [5.41, 5.74) is 0.588. The van der Waals surface area contributed by atoms with Crippen LogP contribution in [0.5, 0.6) is 5.75 Å². The molecule has 0 aliphatic carbocycles. The molecule has 0 saturated carbocycles. The first-order valence-electron chi connectivity index (χ1n) is 7.23. The van der Waals surface area contributed by atoms with Gasteiger partial charge < -0.3 is 10.1 Å². The number of halogens is 2. The second-order valence-corrected chi connectivity index (χ2v) is 6.93. The normalized spacial score (nSPS) is 17.4. The number of benzene rings is 1. The molecule has 0 radical (unpaired) electrons. The van der Waals surface area contributed by atoms with Crippen molar-refractivity contribution in [1.29, 1.82) is 0 Å². The Hall–Kier alpha value is -1.14. The van der Waals surface area contributed by atoms with Crippen molar-refractivity contribution in [2.24, 2.45) is 0 Å². The Morgan fingerprint density at radius 1 is 1.27 bits per heavy atom. The zero-order valence-electron chi connectivity index (χ0n) is 12.3. The summed E-state index contributed by atoms with van der Waals surface area (Å²) in [6.45, 7) is 3.51. The lowest BCUT2D eigenvalue weighted by Gasteiger charge is -2.35. The zero-order chi connectivity index (χ0) is 15.5. The van der Waals surface area contributed by atoms with E-state index in [9.17, 15) is 4.39 Å². The Morgan fingerprint density at radius 2 is 2.05 bits per heavy atom. The van der Waals surface area contributed by atoms with Crippen LogP contribution in [0.1, 0.15) is 16.5 Å². The Kier molecular flexibility index (Phi) is 4.98. The van der Waals surface area contributed by atoms with Crippen molar-refractivity contribution in [2.75, 3.05) is 33.3 Å². The summed E-state index contributed by atoms with van der Waals surface area (Å²) < 4.78 is 20.7. The summed E-state index contributed by atoms with van der Waals surface area (Å²) >= 11 is 7.60. The summed E-state index contributed by atoms with van der Waals surface area (Å²) in [6, 6.07) is 8.64. The molecule has 1 saturated heterocycles. The molecule has 3 rings (SSSR count). The highest BCUT2D eigenvalue weighted by Gasteiger charge is 2.30. The largest absolute Gasteiger partial charge is 0.496 e. The van der Waals surface area contributed by atoms with Gasteiger partial charge in [0.2, 0.25) is 0 Å². The predicted molar refractivity (Wildman–Crippen MR) is 88.6 cm³/mol. The van der Waals surface area contributed by atoms with Crippen molar-refractivity contribution < 1.29 is 9.13 Å². The van der Waals surface area contributed by atoms with Gasteiger partial charge in [-0.25, -0.2) is 4.39 Å². The average molecular weight is 341 g/mol. The SMILES string of the molecule is COc1cccc(F)c1[C@@H](c1ccc(Cl)s1)N1CCNCC1. The Labute approximate surface area is 138 Å². The van der Waals surface area contributed by atoms with Crippen LogP contribution in [0.4, 0.5) is 4.39 Å². The Bertz CT molecular complexity index is 643. The van der Waals surface area contributed by atoms with Gasteiger partial charge in [-0.3, -0.25) is 4.90 Å². The number of nitrogens with zero attached hydrogens (tertiary/aromatic N) is 1. The molecule has 2 heterocycles. The fourth-order valence-corrected chi connectivity index (χ4v) is 4.09. The predicted octanol–water partition coefficient (Wildman–Crippen LogP) is 3.54. The Balaban J connectivity index is 2.09. The summed E-state index contributed by atoms with van der Waals surface area (Å²) in [6.07, 6.45) is 0. The van der Waals surface area contributed by atoms with E-state index in [0.717, 1.165) is 31.1 Å². The molecule has 3 nitrogen and oxygen atoms in total. The molecule has 22 heavy (non-hydrogen) atoms. The summed E-state index contributed by atoms with van der Waals surface area (Å²) in [4.78, 5) is 3.31. The third kappa shape index (κ3) is 3.13. The standard InChI is InChI=1S/C16H18ClFN2OS/c1-21-12-4-2-3-11(18)15(12)16(13-5-6-14(17)22-13)20-9-7-19-8-10-20/h2-6,16,19H,7-10H2,1H3/t16-/m1/s1. The molecular formula is C16H18ClFN2OS.